The fraction of sp³-hybridized carbons (Fsp3) is 0.429. The second kappa shape index (κ2) is 6.88. The van der Waals surface area contributed by atoms with Gasteiger partial charge in [0.25, 0.3) is 0 Å². The molecule has 2 rings (SSSR count). The largest absolute Gasteiger partial charge is 0.481 e. The van der Waals surface area contributed by atoms with Gasteiger partial charge in [-0.25, -0.2) is 0 Å². The zero-order valence-corrected chi connectivity index (χ0v) is 14.1. The molecule has 0 aliphatic carbocycles. The highest BCUT2D eigenvalue weighted by Crippen LogP contribution is 2.41. The van der Waals surface area contributed by atoms with Gasteiger partial charge in [0, 0.05) is 0 Å². The van der Waals surface area contributed by atoms with Crippen molar-refractivity contribution in [2.45, 2.75) is 46.5 Å². The summed E-state index contributed by atoms with van der Waals surface area (Å²) in [5.74, 6) is 3.87. The SMILES string of the molecule is C#CCOc1ccc2cc(C(C)C(C)(CC)CC)ccc2c1. The van der Waals surface area contributed by atoms with E-state index in [1.807, 2.05) is 6.07 Å². The van der Waals surface area contributed by atoms with Crippen molar-refractivity contribution < 1.29 is 4.74 Å². The van der Waals surface area contributed by atoms with Crippen LogP contribution in [0, 0.1) is 17.8 Å². The van der Waals surface area contributed by atoms with Crippen LogP contribution in [0.4, 0.5) is 0 Å². The summed E-state index contributed by atoms with van der Waals surface area (Å²) in [5, 5.41) is 2.45. The van der Waals surface area contributed by atoms with E-state index >= 15 is 0 Å². The Morgan fingerprint density at radius 2 is 1.73 bits per heavy atom. The smallest absolute Gasteiger partial charge is 0.148 e. The van der Waals surface area contributed by atoms with Crippen LogP contribution in [0.1, 0.15) is 52.0 Å². The summed E-state index contributed by atoms with van der Waals surface area (Å²) >= 11 is 0. The van der Waals surface area contributed by atoms with Crippen LogP contribution in [0.15, 0.2) is 36.4 Å². The van der Waals surface area contributed by atoms with Gasteiger partial charge in [-0.1, -0.05) is 70.7 Å². The van der Waals surface area contributed by atoms with E-state index in [0.29, 0.717) is 17.9 Å². The molecule has 2 aromatic carbocycles. The molecule has 22 heavy (non-hydrogen) atoms. The summed E-state index contributed by atoms with van der Waals surface area (Å²) in [6.45, 7) is 9.62. The van der Waals surface area contributed by atoms with Gasteiger partial charge < -0.3 is 4.74 Å². The maximum Gasteiger partial charge on any atom is 0.148 e. The summed E-state index contributed by atoms with van der Waals surface area (Å²) in [6, 6.07) is 12.9. The van der Waals surface area contributed by atoms with Gasteiger partial charge in [-0.15, -0.1) is 6.42 Å². The van der Waals surface area contributed by atoms with Crippen LogP contribution < -0.4 is 4.74 Å². The van der Waals surface area contributed by atoms with Crippen LogP contribution >= 0.6 is 0 Å². The standard InChI is InChI=1S/C21H26O/c1-6-13-22-20-12-11-18-14-17(9-10-19(18)15-20)16(4)21(5,7-2)8-3/h1,9-12,14-16H,7-8,13H2,2-5H3. The Morgan fingerprint density at radius 3 is 2.36 bits per heavy atom. The lowest BCUT2D eigenvalue weighted by molar-refractivity contribution is 0.243. The van der Waals surface area contributed by atoms with E-state index in [2.05, 4.69) is 63.9 Å². The van der Waals surface area contributed by atoms with Crippen molar-refractivity contribution in [2.24, 2.45) is 5.41 Å². The topological polar surface area (TPSA) is 9.23 Å². The maximum absolute atomic E-state index is 5.49. The average molecular weight is 294 g/mol. The zero-order valence-electron chi connectivity index (χ0n) is 14.1. The molecule has 116 valence electrons. The molecule has 0 fully saturated rings. The van der Waals surface area contributed by atoms with Crippen LogP contribution in [-0.4, -0.2) is 6.61 Å². The van der Waals surface area contributed by atoms with E-state index in [-0.39, 0.29) is 0 Å². The summed E-state index contributed by atoms with van der Waals surface area (Å²) in [6.07, 6.45) is 7.63. The third-order valence-electron chi connectivity index (χ3n) is 5.32. The maximum atomic E-state index is 5.49. The molecule has 0 saturated heterocycles. The summed E-state index contributed by atoms with van der Waals surface area (Å²) in [4.78, 5) is 0. The van der Waals surface area contributed by atoms with Gasteiger partial charge in [-0.05, 0) is 39.8 Å². The Labute approximate surface area is 134 Å². The predicted molar refractivity (Wildman–Crippen MR) is 95.4 cm³/mol. The van der Waals surface area contributed by atoms with Gasteiger partial charge in [0.15, 0.2) is 0 Å². The van der Waals surface area contributed by atoms with Gasteiger partial charge in [0.1, 0.15) is 12.4 Å². The predicted octanol–water partition coefficient (Wildman–Crippen LogP) is 5.78. The first-order valence-corrected chi connectivity index (χ1v) is 8.14. The molecular formula is C21H26O. The molecule has 0 radical (unpaired) electrons. The number of fused-ring (bicyclic) bond motifs is 1. The number of terminal acetylenes is 1. The minimum atomic E-state index is 0.311. The molecule has 0 amide bonds. The minimum Gasteiger partial charge on any atom is -0.481 e. The summed E-state index contributed by atoms with van der Waals surface area (Å²) < 4.78 is 5.49. The van der Waals surface area contributed by atoms with Gasteiger partial charge in [0.2, 0.25) is 0 Å². The van der Waals surface area contributed by atoms with E-state index in [9.17, 15) is 0 Å². The number of ether oxygens (including phenoxy) is 1. The Hall–Kier alpha value is -1.94. The number of rotatable bonds is 6. The third kappa shape index (κ3) is 3.28. The molecule has 0 bridgehead atoms. The van der Waals surface area contributed by atoms with Crippen molar-refractivity contribution in [3.8, 4) is 18.1 Å². The fourth-order valence-electron chi connectivity index (χ4n) is 2.99. The van der Waals surface area contributed by atoms with Gasteiger partial charge in [0.05, 0.1) is 0 Å². The second-order valence-corrected chi connectivity index (χ2v) is 6.34. The lowest BCUT2D eigenvalue weighted by Gasteiger charge is -2.34. The molecule has 0 heterocycles. The highest BCUT2D eigenvalue weighted by molar-refractivity contribution is 5.84. The van der Waals surface area contributed by atoms with E-state index in [4.69, 9.17) is 11.2 Å². The van der Waals surface area contributed by atoms with Crippen molar-refractivity contribution in [3.63, 3.8) is 0 Å². The molecule has 1 heteroatoms. The normalized spacial score (nSPS) is 12.9. The van der Waals surface area contributed by atoms with Crippen LogP contribution in [-0.2, 0) is 0 Å². The minimum absolute atomic E-state index is 0.311. The fourth-order valence-corrected chi connectivity index (χ4v) is 2.99. The average Bonchev–Trinajstić information content (AvgIpc) is 2.57. The zero-order chi connectivity index (χ0) is 16.2. The molecule has 0 aromatic heterocycles. The van der Waals surface area contributed by atoms with Crippen molar-refractivity contribution >= 4 is 10.8 Å². The second-order valence-electron chi connectivity index (χ2n) is 6.34. The number of benzene rings is 2. The Balaban J connectivity index is 2.33. The first kappa shape index (κ1) is 16.4. The number of hydrogen-bond donors (Lipinski definition) is 0. The molecular weight excluding hydrogens is 268 g/mol. The van der Waals surface area contributed by atoms with Crippen LogP contribution in [0.2, 0.25) is 0 Å². The lowest BCUT2D eigenvalue weighted by Crippen LogP contribution is -2.22. The number of hydrogen-bond acceptors (Lipinski definition) is 1. The van der Waals surface area contributed by atoms with Crippen LogP contribution in [0.3, 0.4) is 0 Å². The molecule has 0 spiro atoms. The quantitative estimate of drug-likeness (QED) is 0.613. The van der Waals surface area contributed by atoms with E-state index in [1.54, 1.807) is 0 Å². The third-order valence-corrected chi connectivity index (χ3v) is 5.32. The van der Waals surface area contributed by atoms with E-state index in [0.717, 1.165) is 5.75 Å². The first-order chi connectivity index (χ1) is 10.5. The Kier molecular flexibility index (Phi) is 5.14. The van der Waals surface area contributed by atoms with Gasteiger partial charge in [-0.2, -0.15) is 0 Å². The van der Waals surface area contributed by atoms with E-state index < -0.39 is 0 Å². The van der Waals surface area contributed by atoms with Gasteiger partial charge >= 0.3 is 0 Å². The van der Waals surface area contributed by atoms with Crippen LogP contribution in [0.25, 0.3) is 10.8 Å². The highest BCUT2D eigenvalue weighted by atomic mass is 16.5. The monoisotopic (exact) mass is 294 g/mol. The van der Waals surface area contributed by atoms with Crippen molar-refractivity contribution in [1.29, 1.82) is 0 Å². The summed E-state index contributed by atoms with van der Waals surface area (Å²) in [5.41, 5.74) is 1.76. The first-order valence-electron chi connectivity index (χ1n) is 8.14. The molecule has 1 atom stereocenters. The van der Waals surface area contributed by atoms with Gasteiger partial charge in [-0.3, -0.25) is 0 Å². The van der Waals surface area contributed by atoms with Crippen molar-refractivity contribution in [2.75, 3.05) is 6.61 Å². The van der Waals surface area contributed by atoms with E-state index in [1.165, 1.54) is 29.2 Å². The summed E-state index contributed by atoms with van der Waals surface area (Å²) in [7, 11) is 0. The highest BCUT2D eigenvalue weighted by Gasteiger charge is 2.28. The molecule has 1 nitrogen and oxygen atoms in total. The molecule has 0 saturated carbocycles. The lowest BCUT2D eigenvalue weighted by atomic mass is 9.71. The molecule has 0 aliphatic heterocycles. The molecule has 1 unspecified atom stereocenters. The Bertz CT molecular complexity index is 674. The van der Waals surface area contributed by atoms with Crippen molar-refractivity contribution in [3.05, 3.63) is 42.0 Å². The molecule has 0 N–H and O–H groups in total. The Morgan fingerprint density at radius 1 is 1.09 bits per heavy atom. The van der Waals surface area contributed by atoms with Crippen molar-refractivity contribution in [1.82, 2.24) is 0 Å². The molecule has 2 aromatic rings. The molecule has 0 aliphatic rings. The van der Waals surface area contributed by atoms with Crippen LogP contribution in [0.5, 0.6) is 5.75 Å².